The second-order valence-electron chi connectivity index (χ2n) is 6.59. The van der Waals surface area contributed by atoms with Gasteiger partial charge in [-0.3, -0.25) is 28.8 Å². The number of fused-ring (bicyclic) bond motifs is 1. The summed E-state index contributed by atoms with van der Waals surface area (Å²) in [5, 5.41) is 0.765. The van der Waals surface area contributed by atoms with E-state index < -0.39 is 41.5 Å². The van der Waals surface area contributed by atoms with Crippen LogP contribution in [0, 0.1) is 6.92 Å². The second-order valence-corrected chi connectivity index (χ2v) is 7.47. The van der Waals surface area contributed by atoms with Crippen molar-refractivity contribution in [2.45, 2.75) is 31.8 Å². The van der Waals surface area contributed by atoms with Crippen LogP contribution >= 0.6 is 22.6 Å². The summed E-state index contributed by atoms with van der Waals surface area (Å²) in [6.07, 6.45) is -0.0484. The van der Waals surface area contributed by atoms with Gasteiger partial charge in [-0.1, -0.05) is 34.7 Å². The van der Waals surface area contributed by atoms with Crippen molar-refractivity contribution in [3.05, 3.63) is 68.0 Å². The number of H-pyrrole nitrogens is 1. The maximum Gasteiger partial charge on any atom is 0.330 e. The van der Waals surface area contributed by atoms with Crippen LogP contribution < -0.4 is 11.2 Å². The summed E-state index contributed by atoms with van der Waals surface area (Å²) in [5.41, 5.74) is -0.0837. The molecule has 1 saturated heterocycles. The maximum atomic E-state index is 12.5. The van der Waals surface area contributed by atoms with Crippen LogP contribution in [0.25, 0.3) is 0 Å². The van der Waals surface area contributed by atoms with E-state index in [1.54, 1.807) is 31.2 Å². The van der Waals surface area contributed by atoms with Crippen LogP contribution in [-0.2, 0) is 9.57 Å². The number of hydrogen-bond acceptors (Lipinski definition) is 6. The van der Waals surface area contributed by atoms with E-state index in [-0.39, 0.29) is 6.42 Å². The van der Waals surface area contributed by atoms with Gasteiger partial charge in [-0.05, 0) is 19.1 Å². The van der Waals surface area contributed by atoms with E-state index in [0.717, 1.165) is 5.06 Å². The molecule has 0 saturated carbocycles. The van der Waals surface area contributed by atoms with Crippen LogP contribution in [0.3, 0.4) is 0 Å². The Morgan fingerprint density at radius 3 is 2.43 bits per heavy atom. The number of aryl methyl sites for hydroxylation is 1. The Labute approximate surface area is 172 Å². The van der Waals surface area contributed by atoms with E-state index >= 15 is 0 Å². The fourth-order valence-electron chi connectivity index (χ4n) is 3.32. The lowest BCUT2D eigenvalue weighted by molar-refractivity contribution is -0.144. The molecule has 0 aliphatic carbocycles. The molecule has 2 aliphatic heterocycles. The number of hydrogen-bond donors (Lipinski definition) is 1. The summed E-state index contributed by atoms with van der Waals surface area (Å²) in [4.78, 5) is 56.8. The van der Waals surface area contributed by atoms with Gasteiger partial charge in [0.1, 0.15) is 12.3 Å². The molecule has 1 fully saturated rings. The van der Waals surface area contributed by atoms with E-state index in [4.69, 9.17) is 9.57 Å². The number of carbonyl (C=O) groups is 2. The van der Waals surface area contributed by atoms with Crippen LogP contribution in [0.2, 0.25) is 0 Å². The van der Waals surface area contributed by atoms with Crippen LogP contribution in [-0.4, -0.2) is 43.1 Å². The minimum Gasteiger partial charge on any atom is -0.351 e. The summed E-state index contributed by atoms with van der Waals surface area (Å²) >= 11 is 2.11. The zero-order valence-corrected chi connectivity index (χ0v) is 16.9. The highest BCUT2D eigenvalue weighted by Crippen LogP contribution is 2.33. The number of amides is 2. The van der Waals surface area contributed by atoms with Gasteiger partial charge < -0.3 is 4.74 Å². The molecule has 2 aromatic rings. The molecular formula is C18H16IN3O6. The Bertz CT molecular complexity index is 1040. The highest BCUT2D eigenvalue weighted by atomic mass is 127. The third-order valence-corrected chi connectivity index (χ3v) is 5.65. The number of aromatic amines is 1. The molecule has 4 rings (SSSR count). The average molecular weight is 497 g/mol. The molecule has 9 nitrogen and oxygen atoms in total. The van der Waals surface area contributed by atoms with Crippen molar-refractivity contribution in [2.24, 2.45) is 0 Å². The molecule has 2 amide bonds. The number of halogens is 1. The van der Waals surface area contributed by atoms with Crippen LogP contribution in [0.5, 0.6) is 0 Å². The van der Waals surface area contributed by atoms with Crippen molar-refractivity contribution in [1.82, 2.24) is 14.6 Å². The standard InChI is InChI=1S/C18H16IN3O6/c1-9-8-21(18(26)20-15(9)23)14-6-12(13(7-19)27-14)28-22-16(24)10-4-2-3-5-11(10)17(22)25/h2-5,8,12-14H,6-7H2,1H3,(H,20,23,26)/t12-,13+,14+/m0/s1. The van der Waals surface area contributed by atoms with Gasteiger partial charge in [-0.25, -0.2) is 4.79 Å². The predicted octanol–water partition coefficient (Wildman–Crippen LogP) is 1.16. The molecule has 2 aliphatic rings. The minimum absolute atomic E-state index is 0.243. The lowest BCUT2D eigenvalue weighted by atomic mass is 10.1. The van der Waals surface area contributed by atoms with Crippen molar-refractivity contribution in [3.8, 4) is 0 Å². The van der Waals surface area contributed by atoms with Crippen LogP contribution in [0.4, 0.5) is 0 Å². The van der Waals surface area contributed by atoms with Crippen LogP contribution in [0.1, 0.15) is 38.9 Å². The first-order chi connectivity index (χ1) is 13.4. The molecule has 0 unspecified atom stereocenters. The number of benzene rings is 1. The Hall–Kier alpha value is -2.31. The lowest BCUT2D eigenvalue weighted by Crippen LogP contribution is -2.38. The molecule has 1 aromatic heterocycles. The number of hydroxylamine groups is 2. The van der Waals surface area contributed by atoms with Crippen molar-refractivity contribution >= 4 is 34.4 Å². The first kappa shape index (κ1) is 19.0. The lowest BCUT2D eigenvalue weighted by Gasteiger charge is -2.21. The molecule has 3 atom stereocenters. The Morgan fingerprint density at radius 2 is 1.82 bits per heavy atom. The van der Waals surface area contributed by atoms with Gasteiger partial charge in [0, 0.05) is 22.6 Å². The Morgan fingerprint density at radius 1 is 1.18 bits per heavy atom. The molecule has 1 N–H and O–H groups in total. The van der Waals surface area contributed by atoms with E-state index in [2.05, 4.69) is 27.6 Å². The Kier molecular flexibility index (Phi) is 4.93. The molecule has 0 radical (unpaired) electrons. The number of nitrogens with one attached hydrogen (secondary N) is 1. The van der Waals surface area contributed by atoms with Crippen molar-refractivity contribution in [1.29, 1.82) is 0 Å². The van der Waals surface area contributed by atoms with Gasteiger partial charge in [0.2, 0.25) is 0 Å². The highest BCUT2D eigenvalue weighted by Gasteiger charge is 2.43. The number of nitrogens with zero attached hydrogens (tertiary/aromatic N) is 2. The van der Waals surface area contributed by atoms with Gasteiger partial charge in [-0.2, -0.15) is 0 Å². The third kappa shape index (κ3) is 3.10. The SMILES string of the molecule is Cc1cn([C@H]2C[C@H](ON3C(=O)c4ccccc4C3=O)[C@@H](CI)O2)c(=O)[nH]c1=O. The zero-order valence-electron chi connectivity index (χ0n) is 14.8. The normalized spacial score (nSPS) is 24.1. The molecule has 28 heavy (non-hydrogen) atoms. The topological polar surface area (TPSA) is 111 Å². The van der Waals surface area contributed by atoms with E-state index in [0.29, 0.717) is 21.1 Å². The number of imide groups is 1. The number of ether oxygens (including phenoxy) is 1. The summed E-state index contributed by atoms with van der Waals surface area (Å²) in [6.45, 7) is 1.59. The Balaban J connectivity index is 1.57. The molecule has 3 heterocycles. The zero-order chi connectivity index (χ0) is 20.0. The maximum absolute atomic E-state index is 12.5. The number of aromatic nitrogens is 2. The third-order valence-electron chi connectivity index (χ3n) is 4.79. The number of carbonyl (C=O) groups excluding carboxylic acids is 2. The molecule has 146 valence electrons. The minimum atomic E-state index is -0.678. The number of rotatable bonds is 4. The monoisotopic (exact) mass is 497 g/mol. The summed E-state index contributed by atoms with van der Waals surface area (Å²) in [6, 6.07) is 6.51. The van der Waals surface area contributed by atoms with Crippen LogP contribution in [0.15, 0.2) is 40.1 Å². The van der Waals surface area contributed by atoms with Gasteiger partial charge in [-0.15, -0.1) is 5.06 Å². The first-order valence-electron chi connectivity index (χ1n) is 8.58. The van der Waals surface area contributed by atoms with E-state index in [1.165, 1.54) is 10.8 Å². The van der Waals surface area contributed by atoms with Crippen molar-refractivity contribution in [2.75, 3.05) is 4.43 Å². The summed E-state index contributed by atoms with van der Waals surface area (Å²) in [5.74, 6) is -1.04. The quantitative estimate of drug-likeness (QED) is 0.386. The van der Waals surface area contributed by atoms with E-state index in [9.17, 15) is 19.2 Å². The average Bonchev–Trinajstić information content (AvgIpc) is 3.20. The first-order valence-corrected chi connectivity index (χ1v) is 10.1. The fourth-order valence-corrected chi connectivity index (χ4v) is 4.09. The second kappa shape index (κ2) is 7.26. The van der Waals surface area contributed by atoms with Gasteiger partial charge in [0.15, 0.2) is 0 Å². The van der Waals surface area contributed by atoms with Crippen molar-refractivity contribution < 1.29 is 19.2 Å². The summed E-state index contributed by atoms with van der Waals surface area (Å²) in [7, 11) is 0. The number of alkyl halides is 1. The molecular weight excluding hydrogens is 481 g/mol. The highest BCUT2D eigenvalue weighted by molar-refractivity contribution is 14.1. The van der Waals surface area contributed by atoms with Gasteiger partial charge in [0.05, 0.1) is 17.2 Å². The molecule has 0 bridgehead atoms. The smallest absolute Gasteiger partial charge is 0.330 e. The predicted molar refractivity (Wildman–Crippen MR) is 105 cm³/mol. The van der Waals surface area contributed by atoms with E-state index in [1.807, 2.05) is 0 Å². The van der Waals surface area contributed by atoms with Gasteiger partial charge >= 0.3 is 5.69 Å². The molecule has 1 aromatic carbocycles. The van der Waals surface area contributed by atoms with Gasteiger partial charge in [0.25, 0.3) is 17.4 Å². The fraction of sp³-hybridized carbons (Fsp3) is 0.333. The van der Waals surface area contributed by atoms with Crippen molar-refractivity contribution in [3.63, 3.8) is 0 Å². The molecule has 10 heteroatoms. The summed E-state index contributed by atoms with van der Waals surface area (Å²) < 4.78 is 7.72. The molecule has 0 spiro atoms. The largest absolute Gasteiger partial charge is 0.351 e.